The van der Waals surface area contributed by atoms with E-state index in [0.29, 0.717) is 23.5 Å². The third-order valence-electron chi connectivity index (χ3n) is 3.54. The Morgan fingerprint density at radius 2 is 2.15 bits per heavy atom. The molecule has 2 aliphatic carbocycles. The summed E-state index contributed by atoms with van der Waals surface area (Å²) in [6.45, 7) is 4.40. The molecular formula is C12H18O. The third kappa shape index (κ3) is 1.70. The Morgan fingerprint density at radius 1 is 1.38 bits per heavy atom. The Hall–Kier alpha value is -0.590. The van der Waals surface area contributed by atoms with Crippen molar-refractivity contribution in [1.29, 1.82) is 0 Å². The Kier molecular flexibility index (Phi) is 2.27. The van der Waals surface area contributed by atoms with Crippen LogP contribution >= 0.6 is 0 Å². The second kappa shape index (κ2) is 3.28. The molecule has 0 aromatic heterocycles. The Morgan fingerprint density at radius 3 is 2.92 bits per heavy atom. The number of fused-ring (bicyclic) bond motifs is 1. The second-order valence-electron chi connectivity index (χ2n) is 4.87. The normalized spacial score (nSPS) is 39.7. The van der Waals surface area contributed by atoms with Crippen molar-refractivity contribution in [2.24, 2.45) is 17.8 Å². The zero-order chi connectivity index (χ0) is 9.42. The Labute approximate surface area is 80.2 Å². The molecule has 0 bridgehead atoms. The quantitative estimate of drug-likeness (QED) is 0.521. The molecule has 3 atom stereocenters. The fourth-order valence-corrected chi connectivity index (χ4v) is 2.90. The molecule has 0 unspecified atom stereocenters. The predicted molar refractivity (Wildman–Crippen MR) is 53.4 cm³/mol. The van der Waals surface area contributed by atoms with E-state index in [1.807, 2.05) is 0 Å². The maximum Gasteiger partial charge on any atom is 0.136 e. The number of Topliss-reactive ketones (excluding diaryl/α,β-unsaturated/α-hetero) is 1. The van der Waals surface area contributed by atoms with Crippen molar-refractivity contribution in [3.8, 4) is 0 Å². The van der Waals surface area contributed by atoms with Crippen LogP contribution in [-0.4, -0.2) is 5.78 Å². The SMILES string of the molecule is CC1=CC[C@H]2C(=O)C[C@H](C)C[C@H]2C1. The molecule has 0 N–H and O–H groups in total. The first-order valence-corrected chi connectivity index (χ1v) is 5.35. The lowest BCUT2D eigenvalue weighted by atomic mass is 9.68. The number of carbonyl (C=O) groups excluding carboxylic acids is 1. The topological polar surface area (TPSA) is 17.1 Å². The molecule has 0 radical (unpaired) electrons. The molecule has 0 amide bonds. The summed E-state index contributed by atoms with van der Waals surface area (Å²) in [5.74, 6) is 2.19. The summed E-state index contributed by atoms with van der Waals surface area (Å²) in [6.07, 6.45) is 6.54. The number of allylic oxidation sites excluding steroid dienone is 2. The van der Waals surface area contributed by atoms with E-state index < -0.39 is 0 Å². The van der Waals surface area contributed by atoms with Gasteiger partial charge in [-0.05, 0) is 38.0 Å². The van der Waals surface area contributed by atoms with Crippen molar-refractivity contribution in [3.63, 3.8) is 0 Å². The average molecular weight is 178 g/mol. The monoisotopic (exact) mass is 178 g/mol. The minimum atomic E-state index is 0.375. The van der Waals surface area contributed by atoms with Crippen molar-refractivity contribution < 1.29 is 4.79 Å². The molecular weight excluding hydrogens is 160 g/mol. The summed E-state index contributed by atoms with van der Waals surface area (Å²) in [5.41, 5.74) is 1.49. The highest BCUT2D eigenvalue weighted by atomic mass is 16.1. The highest BCUT2D eigenvalue weighted by molar-refractivity contribution is 5.82. The molecule has 1 saturated carbocycles. The van der Waals surface area contributed by atoms with Crippen LogP contribution in [-0.2, 0) is 4.79 Å². The van der Waals surface area contributed by atoms with Crippen LogP contribution in [0.4, 0.5) is 0 Å². The van der Waals surface area contributed by atoms with E-state index in [-0.39, 0.29) is 0 Å². The summed E-state index contributed by atoms with van der Waals surface area (Å²) >= 11 is 0. The number of hydrogen-bond donors (Lipinski definition) is 0. The maximum absolute atomic E-state index is 11.7. The Bertz CT molecular complexity index is 252. The molecule has 0 aromatic carbocycles. The van der Waals surface area contributed by atoms with E-state index in [1.54, 1.807) is 0 Å². The zero-order valence-electron chi connectivity index (χ0n) is 8.55. The van der Waals surface area contributed by atoms with Crippen molar-refractivity contribution in [3.05, 3.63) is 11.6 Å². The van der Waals surface area contributed by atoms with Crippen LogP contribution in [0.1, 0.15) is 39.5 Å². The first kappa shape index (κ1) is 8.98. The highest BCUT2D eigenvalue weighted by Crippen LogP contribution is 2.40. The smallest absolute Gasteiger partial charge is 0.136 e. The summed E-state index contributed by atoms with van der Waals surface area (Å²) in [7, 11) is 0. The highest BCUT2D eigenvalue weighted by Gasteiger charge is 2.35. The molecule has 0 spiro atoms. The van der Waals surface area contributed by atoms with Gasteiger partial charge in [0.2, 0.25) is 0 Å². The van der Waals surface area contributed by atoms with E-state index in [2.05, 4.69) is 19.9 Å². The predicted octanol–water partition coefficient (Wildman–Crippen LogP) is 2.96. The van der Waals surface area contributed by atoms with Crippen LogP contribution < -0.4 is 0 Å². The molecule has 1 heteroatoms. The molecule has 1 nitrogen and oxygen atoms in total. The zero-order valence-corrected chi connectivity index (χ0v) is 8.55. The van der Waals surface area contributed by atoms with Gasteiger partial charge in [-0.2, -0.15) is 0 Å². The van der Waals surface area contributed by atoms with Crippen molar-refractivity contribution in [2.75, 3.05) is 0 Å². The van der Waals surface area contributed by atoms with Gasteiger partial charge in [-0.15, -0.1) is 0 Å². The first-order chi connectivity index (χ1) is 6.16. The van der Waals surface area contributed by atoms with Crippen LogP contribution in [0.25, 0.3) is 0 Å². The molecule has 72 valence electrons. The Balaban J connectivity index is 2.15. The van der Waals surface area contributed by atoms with Crippen LogP contribution in [0.3, 0.4) is 0 Å². The molecule has 1 fully saturated rings. The number of carbonyl (C=O) groups is 1. The average Bonchev–Trinajstić information content (AvgIpc) is 2.02. The van der Waals surface area contributed by atoms with Gasteiger partial charge in [0, 0.05) is 12.3 Å². The summed E-state index contributed by atoms with van der Waals surface area (Å²) < 4.78 is 0. The van der Waals surface area contributed by atoms with Crippen LogP contribution in [0.15, 0.2) is 11.6 Å². The first-order valence-electron chi connectivity index (χ1n) is 5.35. The van der Waals surface area contributed by atoms with Gasteiger partial charge in [-0.1, -0.05) is 18.6 Å². The molecule has 0 aromatic rings. The van der Waals surface area contributed by atoms with Gasteiger partial charge in [-0.3, -0.25) is 4.79 Å². The molecule has 13 heavy (non-hydrogen) atoms. The van der Waals surface area contributed by atoms with E-state index in [9.17, 15) is 4.79 Å². The van der Waals surface area contributed by atoms with E-state index in [4.69, 9.17) is 0 Å². The third-order valence-corrected chi connectivity index (χ3v) is 3.54. The molecule has 0 saturated heterocycles. The second-order valence-corrected chi connectivity index (χ2v) is 4.87. The lowest BCUT2D eigenvalue weighted by molar-refractivity contribution is -0.128. The van der Waals surface area contributed by atoms with Crippen molar-refractivity contribution >= 4 is 5.78 Å². The van der Waals surface area contributed by atoms with E-state index in [1.165, 1.54) is 18.4 Å². The molecule has 0 aliphatic heterocycles. The summed E-state index contributed by atoms with van der Waals surface area (Å²) in [6, 6.07) is 0. The molecule has 2 aliphatic rings. The van der Waals surface area contributed by atoms with Crippen LogP contribution in [0.5, 0.6) is 0 Å². The van der Waals surface area contributed by atoms with Crippen LogP contribution in [0, 0.1) is 17.8 Å². The lowest BCUT2D eigenvalue weighted by Crippen LogP contribution is -2.33. The minimum Gasteiger partial charge on any atom is -0.299 e. The fourth-order valence-electron chi connectivity index (χ4n) is 2.90. The van der Waals surface area contributed by atoms with Gasteiger partial charge in [-0.25, -0.2) is 0 Å². The van der Waals surface area contributed by atoms with E-state index >= 15 is 0 Å². The molecule has 0 heterocycles. The van der Waals surface area contributed by atoms with E-state index in [0.717, 1.165) is 12.8 Å². The minimum absolute atomic E-state index is 0.375. The largest absolute Gasteiger partial charge is 0.299 e. The van der Waals surface area contributed by atoms with Gasteiger partial charge in [0.15, 0.2) is 0 Å². The van der Waals surface area contributed by atoms with Crippen molar-refractivity contribution in [2.45, 2.75) is 39.5 Å². The number of rotatable bonds is 0. The maximum atomic E-state index is 11.7. The standard InChI is InChI=1S/C12H18O/c1-8-3-4-11-10(5-8)6-9(2)7-12(11)13/h3,9-11H,4-7H2,1-2H3/t9-,10-,11-/m1/s1. The van der Waals surface area contributed by atoms with Gasteiger partial charge in [0.1, 0.15) is 5.78 Å². The van der Waals surface area contributed by atoms with Gasteiger partial charge in [0.25, 0.3) is 0 Å². The van der Waals surface area contributed by atoms with Crippen molar-refractivity contribution in [1.82, 2.24) is 0 Å². The lowest BCUT2D eigenvalue weighted by Gasteiger charge is -2.36. The van der Waals surface area contributed by atoms with Gasteiger partial charge >= 0.3 is 0 Å². The summed E-state index contributed by atoms with van der Waals surface area (Å²) in [4.78, 5) is 11.7. The number of hydrogen-bond acceptors (Lipinski definition) is 1. The van der Waals surface area contributed by atoms with Gasteiger partial charge in [0.05, 0.1) is 0 Å². The summed E-state index contributed by atoms with van der Waals surface area (Å²) in [5, 5.41) is 0. The van der Waals surface area contributed by atoms with Crippen LogP contribution in [0.2, 0.25) is 0 Å². The fraction of sp³-hybridized carbons (Fsp3) is 0.750. The van der Waals surface area contributed by atoms with Gasteiger partial charge < -0.3 is 0 Å². The number of ketones is 1. The molecule has 2 rings (SSSR count).